The zero-order valence-electron chi connectivity index (χ0n) is 13.1. The first kappa shape index (κ1) is 15.5. The molecule has 1 N–H and O–H groups in total. The molecule has 0 spiro atoms. The van der Waals surface area contributed by atoms with E-state index < -0.39 is 11.7 Å². The highest BCUT2D eigenvalue weighted by molar-refractivity contribution is 7.20. The third-order valence-corrected chi connectivity index (χ3v) is 4.78. The zero-order valence-corrected chi connectivity index (χ0v) is 13.9. The number of halogens is 1. The molecule has 0 aliphatic carbocycles. The molecule has 0 saturated heterocycles. The molecule has 2 aromatic heterocycles. The predicted octanol–water partition coefficient (Wildman–Crippen LogP) is 4.24. The number of benzene rings is 2. The average molecular weight is 353 g/mol. The van der Waals surface area contributed by atoms with Crippen LogP contribution in [0.5, 0.6) is 5.19 Å². The third kappa shape index (κ3) is 2.78. The number of methoxy groups -OCH3 is 1. The van der Waals surface area contributed by atoms with Gasteiger partial charge in [0, 0.05) is 23.5 Å². The van der Waals surface area contributed by atoms with E-state index in [2.05, 4.69) is 15.3 Å². The van der Waals surface area contributed by atoms with Crippen molar-refractivity contribution in [3.05, 3.63) is 60.2 Å². The Morgan fingerprint density at radius 3 is 2.96 bits per heavy atom. The minimum atomic E-state index is -0.585. The summed E-state index contributed by atoms with van der Waals surface area (Å²) in [6, 6.07) is 9.94. The number of nitrogens with one attached hydrogen (secondary N) is 1. The van der Waals surface area contributed by atoms with Gasteiger partial charge in [-0.3, -0.25) is 9.78 Å². The Morgan fingerprint density at radius 1 is 1.24 bits per heavy atom. The Labute approximate surface area is 146 Å². The van der Waals surface area contributed by atoms with Crippen LogP contribution in [0.3, 0.4) is 0 Å². The van der Waals surface area contributed by atoms with Crippen LogP contribution in [-0.2, 0) is 0 Å². The van der Waals surface area contributed by atoms with Crippen molar-refractivity contribution in [2.45, 2.75) is 0 Å². The molecule has 2 aromatic carbocycles. The van der Waals surface area contributed by atoms with E-state index in [1.54, 1.807) is 43.6 Å². The molecule has 4 rings (SSSR count). The summed E-state index contributed by atoms with van der Waals surface area (Å²) in [5, 5.41) is 4.51. The van der Waals surface area contributed by atoms with Crippen LogP contribution in [0.1, 0.15) is 10.4 Å². The fourth-order valence-corrected chi connectivity index (χ4v) is 3.45. The molecule has 4 aromatic rings. The maximum Gasteiger partial charge on any atom is 0.274 e. The highest BCUT2D eigenvalue weighted by atomic mass is 32.1. The fourth-order valence-electron chi connectivity index (χ4n) is 2.63. The van der Waals surface area contributed by atoms with Crippen molar-refractivity contribution in [3.63, 3.8) is 0 Å². The van der Waals surface area contributed by atoms with Gasteiger partial charge in [0.15, 0.2) is 0 Å². The molecule has 7 heteroatoms. The van der Waals surface area contributed by atoms with Crippen LogP contribution >= 0.6 is 11.3 Å². The molecule has 2 heterocycles. The first-order chi connectivity index (χ1) is 12.2. The van der Waals surface area contributed by atoms with Gasteiger partial charge in [0.2, 0.25) is 0 Å². The first-order valence-electron chi connectivity index (χ1n) is 7.44. The number of nitrogens with zero attached hydrogens (tertiary/aromatic N) is 2. The van der Waals surface area contributed by atoms with Crippen molar-refractivity contribution < 1.29 is 13.9 Å². The van der Waals surface area contributed by atoms with Crippen LogP contribution in [0.15, 0.2) is 48.8 Å². The predicted molar refractivity (Wildman–Crippen MR) is 95.8 cm³/mol. The topological polar surface area (TPSA) is 64.1 Å². The number of amides is 1. The molecule has 5 nitrogen and oxygen atoms in total. The number of carbonyl (C=O) groups excluding carboxylic acids is 1. The van der Waals surface area contributed by atoms with E-state index >= 15 is 0 Å². The molecule has 1 amide bonds. The number of anilines is 1. The number of hydrogen-bond donors (Lipinski definition) is 1. The lowest BCUT2D eigenvalue weighted by atomic mass is 10.1. The van der Waals surface area contributed by atoms with E-state index in [0.29, 0.717) is 16.3 Å². The SMILES string of the molecule is COc1nc2ccc(NC(=O)c3c(F)ccc4ccncc34)cc2s1. The van der Waals surface area contributed by atoms with Gasteiger partial charge in [-0.2, -0.15) is 0 Å². The number of rotatable bonds is 3. The summed E-state index contributed by atoms with van der Waals surface area (Å²) in [6.07, 6.45) is 3.09. The molecule has 0 aliphatic heterocycles. The van der Waals surface area contributed by atoms with E-state index in [1.165, 1.54) is 23.6 Å². The van der Waals surface area contributed by atoms with Gasteiger partial charge in [-0.1, -0.05) is 17.4 Å². The second kappa shape index (κ2) is 6.10. The van der Waals surface area contributed by atoms with Crippen LogP contribution in [-0.4, -0.2) is 23.0 Å². The monoisotopic (exact) mass is 353 g/mol. The number of fused-ring (bicyclic) bond motifs is 2. The van der Waals surface area contributed by atoms with Crippen molar-refractivity contribution in [3.8, 4) is 5.19 Å². The molecule has 0 aliphatic rings. The molecular formula is C18H12FN3O2S. The summed E-state index contributed by atoms with van der Waals surface area (Å²) in [4.78, 5) is 20.9. The summed E-state index contributed by atoms with van der Waals surface area (Å²) >= 11 is 1.37. The van der Waals surface area contributed by atoms with Crippen molar-refractivity contribution >= 4 is 43.9 Å². The molecule has 0 atom stereocenters. The summed E-state index contributed by atoms with van der Waals surface area (Å²) in [7, 11) is 1.55. The largest absolute Gasteiger partial charge is 0.473 e. The minimum Gasteiger partial charge on any atom is -0.473 e. The molecule has 0 bridgehead atoms. The lowest BCUT2D eigenvalue weighted by Gasteiger charge is -2.09. The maximum absolute atomic E-state index is 14.3. The van der Waals surface area contributed by atoms with Crippen LogP contribution in [0.2, 0.25) is 0 Å². The highest BCUT2D eigenvalue weighted by Crippen LogP contribution is 2.30. The van der Waals surface area contributed by atoms with Gasteiger partial charge in [-0.15, -0.1) is 0 Å². The van der Waals surface area contributed by atoms with E-state index in [4.69, 9.17) is 4.74 Å². The zero-order chi connectivity index (χ0) is 17.4. The Kier molecular flexibility index (Phi) is 3.77. The summed E-state index contributed by atoms with van der Waals surface area (Å²) in [5.74, 6) is -1.11. The van der Waals surface area contributed by atoms with E-state index in [9.17, 15) is 9.18 Å². The maximum atomic E-state index is 14.3. The number of carbonyl (C=O) groups is 1. The lowest BCUT2D eigenvalue weighted by molar-refractivity contribution is 0.102. The Morgan fingerprint density at radius 2 is 2.12 bits per heavy atom. The van der Waals surface area contributed by atoms with Crippen molar-refractivity contribution in [1.82, 2.24) is 9.97 Å². The van der Waals surface area contributed by atoms with Gasteiger partial charge < -0.3 is 10.1 Å². The highest BCUT2D eigenvalue weighted by Gasteiger charge is 2.16. The smallest absolute Gasteiger partial charge is 0.274 e. The van der Waals surface area contributed by atoms with Crippen LogP contribution in [0.4, 0.5) is 10.1 Å². The number of thiazole rings is 1. The molecule has 25 heavy (non-hydrogen) atoms. The molecule has 0 radical (unpaired) electrons. The quantitative estimate of drug-likeness (QED) is 0.598. The minimum absolute atomic E-state index is 0.0208. The van der Waals surface area contributed by atoms with Gasteiger partial charge in [-0.05, 0) is 35.7 Å². The van der Waals surface area contributed by atoms with Crippen molar-refractivity contribution in [2.75, 3.05) is 12.4 Å². The van der Waals surface area contributed by atoms with Crippen molar-refractivity contribution in [2.24, 2.45) is 0 Å². The van der Waals surface area contributed by atoms with Crippen LogP contribution < -0.4 is 10.1 Å². The second-order valence-electron chi connectivity index (χ2n) is 5.34. The van der Waals surface area contributed by atoms with Gasteiger partial charge in [0.25, 0.3) is 11.1 Å². The normalized spacial score (nSPS) is 11.0. The van der Waals surface area contributed by atoms with E-state index in [0.717, 1.165) is 15.6 Å². The summed E-state index contributed by atoms with van der Waals surface area (Å²) in [5.41, 5.74) is 1.32. The molecule has 0 saturated carbocycles. The number of ether oxygens (including phenoxy) is 1. The van der Waals surface area contributed by atoms with Crippen molar-refractivity contribution in [1.29, 1.82) is 0 Å². The standard InChI is InChI=1S/C18H12FN3O2S/c1-24-18-22-14-5-3-11(8-15(14)25-18)21-17(23)16-12-9-20-7-6-10(12)2-4-13(16)19/h2-9H,1H3,(H,21,23). The Hall–Kier alpha value is -3.06. The number of aromatic nitrogens is 2. The van der Waals surface area contributed by atoms with E-state index in [-0.39, 0.29) is 5.56 Å². The van der Waals surface area contributed by atoms with Crippen LogP contribution in [0, 0.1) is 5.82 Å². The lowest BCUT2D eigenvalue weighted by Crippen LogP contribution is -2.14. The first-order valence-corrected chi connectivity index (χ1v) is 8.25. The second-order valence-corrected chi connectivity index (χ2v) is 6.33. The summed E-state index contributed by atoms with van der Waals surface area (Å²) in [6.45, 7) is 0. The Balaban J connectivity index is 1.72. The van der Waals surface area contributed by atoms with Gasteiger partial charge in [-0.25, -0.2) is 9.37 Å². The van der Waals surface area contributed by atoms with Gasteiger partial charge in [0.05, 0.1) is 22.9 Å². The third-order valence-electron chi connectivity index (χ3n) is 3.80. The number of pyridine rings is 1. The molecular weight excluding hydrogens is 341 g/mol. The average Bonchev–Trinajstić information content (AvgIpc) is 3.04. The number of hydrogen-bond acceptors (Lipinski definition) is 5. The molecule has 0 fully saturated rings. The Bertz CT molecular complexity index is 1110. The molecule has 0 unspecified atom stereocenters. The molecule has 124 valence electrons. The van der Waals surface area contributed by atoms with Gasteiger partial charge >= 0.3 is 0 Å². The van der Waals surface area contributed by atoms with E-state index in [1.807, 2.05) is 0 Å². The van der Waals surface area contributed by atoms with Crippen LogP contribution in [0.25, 0.3) is 21.0 Å². The fraction of sp³-hybridized carbons (Fsp3) is 0.0556. The van der Waals surface area contributed by atoms with Gasteiger partial charge in [0.1, 0.15) is 5.82 Å². The summed E-state index contributed by atoms with van der Waals surface area (Å²) < 4.78 is 20.2.